The molecule has 3 rings (SSSR count). The molecule has 102 valence electrons. The number of aromatic nitrogens is 2. The minimum absolute atomic E-state index is 0.0666. The van der Waals surface area contributed by atoms with E-state index in [-0.39, 0.29) is 12.3 Å². The van der Waals surface area contributed by atoms with Crippen LogP contribution in [0.1, 0.15) is 16.7 Å². The van der Waals surface area contributed by atoms with E-state index in [9.17, 15) is 4.79 Å². The van der Waals surface area contributed by atoms with Crippen molar-refractivity contribution in [2.24, 2.45) is 0 Å². The molecular weight excluding hydrogens is 252 g/mol. The van der Waals surface area contributed by atoms with E-state index in [4.69, 9.17) is 5.11 Å². The quantitative estimate of drug-likeness (QED) is 0.677. The summed E-state index contributed by atoms with van der Waals surface area (Å²) in [5.41, 5.74) is 4.69. The molecule has 0 saturated heterocycles. The second-order valence-corrected chi connectivity index (χ2v) is 4.89. The van der Waals surface area contributed by atoms with Crippen LogP contribution in [0.2, 0.25) is 0 Å². The zero-order valence-corrected chi connectivity index (χ0v) is 11.0. The number of aliphatic hydroxyl groups is 1. The molecule has 1 heterocycles. The van der Waals surface area contributed by atoms with Crippen molar-refractivity contribution >= 4 is 11.0 Å². The number of rotatable bonds is 4. The summed E-state index contributed by atoms with van der Waals surface area (Å²) in [5.74, 6) is 0. The number of benzene rings is 2. The molecule has 3 N–H and O–H groups in total. The van der Waals surface area contributed by atoms with E-state index < -0.39 is 0 Å². The van der Waals surface area contributed by atoms with Crippen molar-refractivity contribution in [1.82, 2.24) is 9.97 Å². The van der Waals surface area contributed by atoms with E-state index in [1.807, 2.05) is 24.3 Å². The van der Waals surface area contributed by atoms with Crippen molar-refractivity contribution in [3.8, 4) is 0 Å². The van der Waals surface area contributed by atoms with Gasteiger partial charge in [0.1, 0.15) is 0 Å². The van der Waals surface area contributed by atoms with Crippen molar-refractivity contribution in [3.63, 3.8) is 0 Å². The van der Waals surface area contributed by atoms with Crippen molar-refractivity contribution < 1.29 is 5.11 Å². The zero-order chi connectivity index (χ0) is 13.9. The number of hydrogen-bond donors (Lipinski definition) is 3. The standard InChI is InChI=1S/C16H16N2O2/c19-7-6-13-9-12(8-11-4-2-1-3-5-11)10-14-15(13)18-16(20)17-14/h1-5,9-10,19H,6-8H2,(H2,17,18,20). The molecule has 0 amide bonds. The highest BCUT2D eigenvalue weighted by Crippen LogP contribution is 2.19. The Labute approximate surface area is 116 Å². The van der Waals surface area contributed by atoms with Crippen molar-refractivity contribution in [2.45, 2.75) is 12.8 Å². The second kappa shape index (κ2) is 5.35. The zero-order valence-electron chi connectivity index (χ0n) is 11.0. The Morgan fingerprint density at radius 3 is 2.55 bits per heavy atom. The topological polar surface area (TPSA) is 68.9 Å². The van der Waals surface area contributed by atoms with Gasteiger partial charge >= 0.3 is 5.69 Å². The molecule has 0 fully saturated rings. The van der Waals surface area contributed by atoms with Crippen molar-refractivity contribution in [1.29, 1.82) is 0 Å². The van der Waals surface area contributed by atoms with Crippen LogP contribution in [0.3, 0.4) is 0 Å². The highest BCUT2D eigenvalue weighted by atomic mass is 16.3. The molecule has 3 aromatic rings. The van der Waals surface area contributed by atoms with E-state index in [2.05, 4.69) is 28.2 Å². The third-order valence-electron chi connectivity index (χ3n) is 3.40. The lowest BCUT2D eigenvalue weighted by Gasteiger charge is -2.06. The van der Waals surface area contributed by atoms with Crippen LogP contribution in [-0.4, -0.2) is 21.7 Å². The van der Waals surface area contributed by atoms with Gasteiger partial charge in [0.2, 0.25) is 0 Å². The van der Waals surface area contributed by atoms with Gasteiger partial charge in [-0.25, -0.2) is 4.79 Å². The van der Waals surface area contributed by atoms with E-state index in [0.29, 0.717) is 6.42 Å². The molecule has 20 heavy (non-hydrogen) atoms. The molecule has 4 nitrogen and oxygen atoms in total. The average Bonchev–Trinajstić information content (AvgIpc) is 2.81. The lowest BCUT2D eigenvalue weighted by atomic mass is 10.0. The number of hydrogen-bond acceptors (Lipinski definition) is 2. The lowest BCUT2D eigenvalue weighted by Crippen LogP contribution is -2.00. The third-order valence-corrected chi connectivity index (χ3v) is 3.40. The number of aromatic amines is 2. The van der Waals surface area contributed by atoms with E-state index in [1.54, 1.807) is 0 Å². The van der Waals surface area contributed by atoms with Crippen LogP contribution >= 0.6 is 0 Å². The molecule has 0 bridgehead atoms. The van der Waals surface area contributed by atoms with Crippen LogP contribution in [0.5, 0.6) is 0 Å². The third kappa shape index (κ3) is 2.51. The van der Waals surface area contributed by atoms with Gasteiger partial charge in [0, 0.05) is 6.61 Å². The first kappa shape index (κ1) is 12.7. The summed E-state index contributed by atoms with van der Waals surface area (Å²) in [6.07, 6.45) is 1.34. The molecule has 0 atom stereocenters. The smallest absolute Gasteiger partial charge is 0.323 e. The van der Waals surface area contributed by atoms with Gasteiger partial charge in [0.25, 0.3) is 0 Å². The predicted molar refractivity (Wildman–Crippen MR) is 79.0 cm³/mol. The fourth-order valence-corrected chi connectivity index (χ4v) is 2.53. The van der Waals surface area contributed by atoms with Crippen LogP contribution in [0.15, 0.2) is 47.3 Å². The van der Waals surface area contributed by atoms with Gasteiger partial charge in [0.05, 0.1) is 11.0 Å². The SMILES string of the molecule is O=c1[nH]c2cc(Cc3ccccc3)cc(CCO)c2[nH]1. The molecule has 0 aliphatic rings. The van der Waals surface area contributed by atoms with Gasteiger partial charge in [-0.2, -0.15) is 0 Å². The molecule has 4 heteroatoms. The minimum Gasteiger partial charge on any atom is -0.396 e. The Morgan fingerprint density at radius 2 is 1.80 bits per heavy atom. The largest absolute Gasteiger partial charge is 0.396 e. The van der Waals surface area contributed by atoms with Gasteiger partial charge < -0.3 is 15.1 Å². The van der Waals surface area contributed by atoms with Crippen LogP contribution in [0, 0.1) is 0 Å². The predicted octanol–water partition coefficient (Wildman–Crippen LogP) is 1.98. The number of imidazole rings is 1. The molecular formula is C16H16N2O2. The number of nitrogens with one attached hydrogen (secondary N) is 2. The molecule has 2 aromatic carbocycles. The Hall–Kier alpha value is -2.33. The van der Waals surface area contributed by atoms with E-state index in [1.165, 1.54) is 5.56 Å². The molecule has 0 saturated carbocycles. The monoisotopic (exact) mass is 268 g/mol. The van der Waals surface area contributed by atoms with Gasteiger partial charge in [-0.3, -0.25) is 0 Å². The van der Waals surface area contributed by atoms with Crippen molar-refractivity contribution in [2.75, 3.05) is 6.61 Å². The molecule has 1 aromatic heterocycles. The Balaban J connectivity index is 2.05. The highest BCUT2D eigenvalue weighted by molar-refractivity contribution is 5.79. The number of fused-ring (bicyclic) bond motifs is 1. The number of H-pyrrole nitrogens is 2. The van der Waals surface area contributed by atoms with Crippen LogP contribution < -0.4 is 5.69 Å². The maximum atomic E-state index is 11.4. The first-order valence-electron chi connectivity index (χ1n) is 6.65. The summed E-state index contributed by atoms with van der Waals surface area (Å²) >= 11 is 0. The fraction of sp³-hybridized carbons (Fsp3) is 0.188. The van der Waals surface area contributed by atoms with Crippen molar-refractivity contribution in [3.05, 3.63) is 69.6 Å². The van der Waals surface area contributed by atoms with E-state index >= 15 is 0 Å². The van der Waals surface area contributed by atoms with E-state index in [0.717, 1.165) is 28.6 Å². The molecule has 0 aliphatic heterocycles. The first-order valence-corrected chi connectivity index (χ1v) is 6.65. The van der Waals surface area contributed by atoms with Gasteiger partial charge in [-0.05, 0) is 35.6 Å². The van der Waals surface area contributed by atoms with Crippen LogP contribution in [-0.2, 0) is 12.8 Å². The van der Waals surface area contributed by atoms with Gasteiger partial charge in [0.15, 0.2) is 0 Å². The summed E-state index contributed by atoms with van der Waals surface area (Å²) in [6.45, 7) is 0.0666. The average molecular weight is 268 g/mol. The summed E-state index contributed by atoms with van der Waals surface area (Å²) in [7, 11) is 0. The molecule has 0 spiro atoms. The van der Waals surface area contributed by atoms with Crippen LogP contribution in [0.25, 0.3) is 11.0 Å². The lowest BCUT2D eigenvalue weighted by molar-refractivity contribution is 0.300. The number of aliphatic hydroxyl groups excluding tert-OH is 1. The molecule has 0 unspecified atom stereocenters. The van der Waals surface area contributed by atoms with Gasteiger partial charge in [-0.1, -0.05) is 36.4 Å². The normalized spacial score (nSPS) is 11.1. The fourth-order valence-electron chi connectivity index (χ4n) is 2.53. The summed E-state index contributed by atoms with van der Waals surface area (Å²) in [5, 5.41) is 9.16. The maximum Gasteiger partial charge on any atom is 0.323 e. The second-order valence-electron chi connectivity index (χ2n) is 4.89. The Morgan fingerprint density at radius 1 is 1.00 bits per heavy atom. The molecule has 0 radical (unpaired) electrons. The Kier molecular flexibility index (Phi) is 3.39. The summed E-state index contributed by atoms with van der Waals surface area (Å²) in [6, 6.07) is 14.2. The Bertz CT molecular complexity index is 772. The molecule has 0 aliphatic carbocycles. The van der Waals surface area contributed by atoms with Gasteiger partial charge in [-0.15, -0.1) is 0 Å². The van der Waals surface area contributed by atoms with Crippen LogP contribution in [0.4, 0.5) is 0 Å². The summed E-state index contributed by atoms with van der Waals surface area (Å²) in [4.78, 5) is 17.0. The first-order chi connectivity index (χ1) is 9.76. The maximum absolute atomic E-state index is 11.4. The minimum atomic E-state index is -0.212. The highest BCUT2D eigenvalue weighted by Gasteiger charge is 2.07. The summed E-state index contributed by atoms with van der Waals surface area (Å²) < 4.78 is 0.